The molecule has 0 aliphatic rings. The van der Waals surface area contributed by atoms with Crippen molar-refractivity contribution in [1.82, 2.24) is 15.3 Å². The minimum atomic E-state index is -1.21. The number of ether oxygens (including phenoxy) is 1. The van der Waals surface area contributed by atoms with Gasteiger partial charge in [0.1, 0.15) is 11.6 Å². The average Bonchev–Trinajstić information content (AvgIpc) is 2.75. The first-order valence-electron chi connectivity index (χ1n) is 10.7. The van der Waals surface area contributed by atoms with Gasteiger partial charge in [-0.1, -0.05) is 0 Å². The summed E-state index contributed by atoms with van der Waals surface area (Å²) in [7, 11) is 1.61. The van der Waals surface area contributed by atoms with Gasteiger partial charge in [-0.3, -0.25) is 10.3 Å². The summed E-state index contributed by atoms with van der Waals surface area (Å²) in [5.74, 6) is -0.380. The van der Waals surface area contributed by atoms with Gasteiger partial charge in [-0.05, 0) is 63.4 Å². The van der Waals surface area contributed by atoms with Crippen LogP contribution in [0.25, 0.3) is 22.0 Å². The van der Waals surface area contributed by atoms with Crippen LogP contribution in [0.1, 0.15) is 31.5 Å². The number of halogens is 1. The first kappa shape index (κ1) is 24.8. The zero-order chi connectivity index (χ0) is 25.0. The lowest BCUT2D eigenvalue weighted by Gasteiger charge is -2.22. The molecule has 9 nitrogen and oxygen atoms in total. The van der Waals surface area contributed by atoms with E-state index in [2.05, 4.69) is 25.9 Å². The molecule has 3 rings (SSSR count). The molecule has 0 unspecified atom stereocenters. The predicted octanol–water partition coefficient (Wildman–Crippen LogP) is 5.08. The number of carbonyl (C=O) groups is 2. The van der Waals surface area contributed by atoms with Crippen LogP contribution in [-0.2, 0) is 4.74 Å². The van der Waals surface area contributed by atoms with Crippen LogP contribution >= 0.6 is 0 Å². The molecule has 2 aromatic heterocycles. The standard InChI is InChI=1S/C24H28FN5O4/c1-13-8-18(25)20(29-22(31)26-7-6-24(3,4)34-5)10-16(13)17-9-15-12-27-21(30-23(32)33)11-19(15)28-14(17)2/h8-12H,6-7H2,1-5H3,(H,27,30)(H,32,33)(H2,26,29,31). The topological polar surface area (TPSA) is 125 Å². The molecule has 0 fully saturated rings. The number of methoxy groups -OCH3 is 1. The van der Waals surface area contributed by atoms with E-state index in [-0.39, 0.29) is 17.1 Å². The number of nitrogens with zero attached hydrogens (tertiary/aromatic N) is 2. The summed E-state index contributed by atoms with van der Waals surface area (Å²) in [5, 5.41) is 17.1. The molecule has 1 aromatic carbocycles. The molecule has 180 valence electrons. The van der Waals surface area contributed by atoms with Crippen molar-refractivity contribution in [3.8, 4) is 11.1 Å². The van der Waals surface area contributed by atoms with Crippen molar-refractivity contribution in [1.29, 1.82) is 0 Å². The Hall–Kier alpha value is -3.79. The smallest absolute Gasteiger partial charge is 0.410 e. The number of carboxylic acid groups (broad SMARTS) is 1. The Bertz CT molecular complexity index is 1250. The molecule has 0 saturated heterocycles. The summed E-state index contributed by atoms with van der Waals surface area (Å²) in [6.07, 6.45) is 0.899. The first-order chi connectivity index (χ1) is 16.0. The van der Waals surface area contributed by atoms with Crippen molar-refractivity contribution in [3.05, 3.63) is 47.5 Å². The molecular formula is C24H28FN5O4. The molecule has 0 radical (unpaired) electrons. The Morgan fingerprint density at radius 1 is 1.12 bits per heavy atom. The largest absolute Gasteiger partial charge is 0.465 e. The Morgan fingerprint density at radius 3 is 2.53 bits per heavy atom. The molecule has 2 heterocycles. The number of fused-ring (bicyclic) bond motifs is 1. The first-order valence-corrected chi connectivity index (χ1v) is 10.7. The second-order valence-electron chi connectivity index (χ2n) is 8.56. The Kier molecular flexibility index (Phi) is 7.31. The molecule has 0 saturated carbocycles. The van der Waals surface area contributed by atoms with E-state index in [0.29, 0.717) is 40.7 Å². The number of rotatable bonds is 7. The highest BCUT2D eigenvalue weighted by Crippen LogP contribution is 2.32. The zero-order valence-electron chi connectivity index (χ0n) is 19.7. The number of hydrogen-bond donors (Lipinski definition) is 4. The molecule has 3 aromatic rings. The van der Waals surface area contributed by atoms with Gasteiger partial charge in [-0.25, -0.2) is 19.0 Å². The SMILES string of the molecule is COC(C)(C)CCNC(=O)Nc1cc(-c2cc3cnc(NC(=O)O)cc3nc2C)c(C)cc1F. The quantitative estimate of drug-likeness (QED) is 0.382. The van der Waals surface area contributed by atoms with Crippen molar-refractivity contribution in [2.75, 3.05) is 24.3 Å². The van der Waals surface area contributed by atoms with Crippen LogP contribution in [-0.4, -0.2) is 46.5 Å². The maximum absolute atomic E-state index is 14.6. The van der Waals surface area contributed by atoms with E-state index in [1.165, 1.54) is 12.3 Å². The van der Waals surface area contributed by atoms with Gasteiger partial charge in [-0.2, -0.15) is 0 Å². The lowest BCUT2D eigenvalue weighted by Crippen LogP contribution is -2.34. The van der Waals surface area contributed by atoms with E-state index >= 15 is 0 Å². The molecule has 10 heteroatoms. The highest BCUT2D eigenvalue weighted by atomic mass is 19.1. The van der Waals surface area contributed by atoms with Crippen LogP contribution in [0.2, 0.25) is 0 Å². The highest BCUT2D eigenvalue weighted by molar-refractivity contribution is 5.92. The van der Waals surface area contributed by atoms with Crippen LogP contribution in [0, 0.1) is 19.7 Å². The molecular weight excluding hydrogens is 441 g/mol. The third kappa shape index (κ3) is 5.96. The Balaban J connectivity index is 1.87. The van der Waals surface area contributed by atoms with Crippen LogP contribution in [0.15, 0.2) is 30.5 Å². The second-order valence-corrected chi connectivity index (χ2v) is 8.56. The third-order valence-electron chi connectivity index (χ3n) is 5.54. The van der Waals surface area contributed by atoms with Gasteiger partial charge in [0.05, 0.1) is 16.8 Å². The number of carbonyl (C=O) groups excluding carboxylic acids is 1. The maximum atomic E-state index is 14.6. The Labute approximate surface area is 196 Å². The monoisotopic (exact) mass is 469 g/mol. The van der Waals surface area contributed by atoms with Crippen molar-refractivity contribution in [2.24, 2.45) is 0 Å². The number of aromatic nitrogens is 2. The number of urea groups is 1. The molecule has 0 aliphatic heterocycles. The van der Waals surface area contributed by atoms with Crippen molar-refractivity contribution in [3.63, 3.8) is 0 Å². The Morgan fingerprint density at radius 2 is 1.85 bits per heavy atom. The predicted molar refractivity (Wildman–Crippen MR) is 129 cm³/mol. The molecule has 3 amide bonds. The summed E-state index contributed by atoms with van der Waals surface area (Å²) in [4.78, 5) is 31.8. The molecule has 0 atom stereocenters. The number of hydrogen-bond acceptors (Lipinski definition) is 5. The van der Waals surface area contributed by atoms with E-state index in [4.69, 9.17) is 9.84 Å². The minimum Gasteiger partial charge on any atom is -0.465 e. The van der Waals surface area contributed by atoms with E-state index in [1.54, 1.807) is 33.1 Å². The van der Waals surface area contributed by atoms with E-state index in [1.807, 2.05) is 19.9 Å². The number of anilines is 2. The molecule has 34 heavy (non-hydrogen) atoms. The fourth-order valence-corrected chi connectivity index (χ4v) is 3.42. The lowest BCUT2D eigenvalue weighted by atomic mass is 9.97. The highest BCUT2D eigenvalue weighted by Gasteiger charge is 2.18. The summed E-state index contributed by atoms with van der Waals surface area (Å²) < 4.78 is 20.0. The van der Waals surface area contributed by atoms with E-state index in [0.717, 1.165) is 5.56 Å². The van der Waals surface area contributed by atoms with Gasteiger partial charge < -0.3 is 20.5 Å². The van der Waals surface area contributed by atoms with Crippen LogP contribution in [0.5, 0.6) is 0 Å². The van der Waals surface area contributed by atoms with Crippen LogP contribution in [0.3, 0.4) is 0 Å². The lowest BCUT2D eigenvalue weighted by molar-refractivity contribution is 0.0165. The summed E-state index contributed by atoms with van der Waals surface area (Å²) >= 11 is 0. The minimum absolute atomic E-state index is 0.0442. The van der Waals surface area contributed by atoms with Crippen molar-refractivity contribution < 1.29 is 23.8 Å². The van der Waals surface area contributed by atoms with Crippen LogP contribution < -0.4 is 16.0 Å². The fraction of sp³-hybridized carbons (Fsp3) is 0.333. The second kappa shape index (κ2) is 10.0. The van der Waals surface area contributed by atoms with Crippen LogP contribution in [0.4, 0.5) is 25.5 Å². The van der Waals surface area contributed by atoms with Gasteiger partial charge in [-0.15, -0.1) is 0 Å². The number of benzene rings is 1. The van der Waals surface area contributed by atoms with Gasteiger partial charge in [0.15, 0.2) is 0 Å². The third-order valence-corrected chi connectivity index (χ3v) is 5.54. The summed E-state index contributed by atoms with van der Waals surface area (Å²) in [6.45, 7) is 7.78. The average molecular weight is 470 g/mol. The van der Waals surface area contributed by atoms with Gasteiger partial charge in [0, 0.05) is 42.6 Å². The number of pyridine rings is 2. The molecule has 4 N–H and O–H groups in total. The molecule has 0 bridgehead atoms. The van der Waals surface area contributed by atoms with Gasteiger partial charge >= 0.3 is 12.1 Å². The van der Waals surface area contributed by atoms with E-state index < -0.39 is 17.9 Å². The maximum Gasteiger partial charge on any atom is 0.410 e. The van der Waals surface area contributed by atoms with Gasteiger partial charge in [0.2, 0.25) is 0 Å². The number of amides is 3. The van der Waals surface area contributed by atoms with Gasteiger partial charge in [0.25, 0.3) is 0 Å². The van der Waals surface area contributed by atoms with Crippen molar-refractivity contribution in [2.45, 2.75) is 39.7 Å². The number of aryl methyl sites for hydroxylation is 2. The van der Waals surface area contributed by atoms with Crippen molar-refractivity contribution >= 4 is 34.5 Å². The number of nitrogens with one attached hydrogen (secondary N) is 3. The fourth-order valence-electron chi connectivity index (χ4n) is 3.42. The normalized spacial score (nSPS) is 11.4. The summed E-state index contributed by atoms with van der Waals surface area (Å²) in [5.41, 5.74) is 3.01. The molecule has 0 aliphatic carbocycles. The zero-order valence-corrected chi connectivity index (χ0v) is 19.7. The van der Waals surface area contributed by atoms with E-state index in [9.17, 15) is 14.0 Å². The summed E-state index contributed by atoms with van der Waals surface area (Å²) in [6, 6.07) is 5.82. The molecule has 0 spiro atoms.